The average molecular weight is 148 g/mol. The van der Waals surface area contributed by atoms with Crippen LogP contribution >= 0.6 is 12.6 Å². The molecule has 0 rings (SSSR count). The van der Waals surface area contributed by atoms with E-state index in [4.69, 9.17) is 9.84 Å². The number of thiol groups is 1. The molecule has 0 bridgehead atoms. The third-order valence-corrected chi connectivity index (χ3v) is 0.954. The molecular formula is C6H12O2S. The van der Waals surface area contributed by atoms with Crippen molar-refractivity contribution in [2.75, 3.05) is 12.4 Å². The molecule has 3 heteroatoms. The van der Waals surface area contributed by atoms with Gasteiger partial charge in [0, 0.05) is 12.4 Å². The SMILES string of the molecule is CCOC(O)C=CCS. The molecule has 0 spiro atoms. The van der Waals surface area contributed by atoms with Crippen LogP contribution in [0.4, 0.5) is 0 Å². The molecule has 0 aliphatic carbocycles. The minimum atomic E-state index is -0.762. The van der Waals surface area contributed by atoms with Crippen LogP contribution in [-0.4, -0.2) is 23.8 Å². The van der Waals surface area contributed by atoms with E-state index in [1.54, 1.807) is 12.2 Å². The molecular weight excluding hydrogens is 136 g/mol. The topological polar surface area (TPSA) is 29.5 Å². The molecule has 0 aliphatic heterocycles. The lowest BCUT2D eigenvalue weighted by Crippen LogP contribution is -2.07. The summed E-state index contributed by atoms with van der Waals surface area (Å²) < 4.78 is 4.78. The quantitative estimate of drug-likeness (QED) is 0.351. The Bertz CT molecular complexity index is 83.1. The van der Waals surface area contributed by atoms with Gasteiger partial charge in [-0.3, -0.25) is 0 Å². The van der Waals surface area contributed by atoms with Crippen LogP contribution in [0.25, 0.3) is 0 Å². The summed E-state index contributed by atoms with van der Waals surface area (Å²) in [5, 5.41) is 8.84. The third-order valence-electron chi connectivity index (χ3n) is 0.744. The molecule has 0 aromatic rings. The van der Waals surface area contributed by atoms with E-state index >= 15 is 0 Å². The molecule has 1 N–H and O–H groups in total. The van der Waals surface area contributed by atoms with E-state index in [0.717, 1.165) is 0 Å². The predicted octanol–water partition coefficient (Wildman–Crippen LogP) is 0.827. The van der Waals surface area contributed by atoms with Crippen molar-refractivity contribution in [3.8, 4) is 0 Å². The van der Waals surface area contributed by atoms with E-state index < -0.39 is 6.29 Å². The van der Waals surface area contributed by atoms with Gasteiger partial charge in [-0.15, -0.1) is 0 Å². The molecule has 1 atom stereocenters. The fourth-order valence-electron chi connectivity index (χ4n) is 0.404. The maximum atomic E-state index is 8.84. The highest BCUT2D eigenvalue weighted by molar-refractivity contribution is 7.80. The summed E-state index contributed by atoms with van der Waals surface area (Å²) in [6.45, 7) is 2.36. The van der Waals surface area contributed by atoms with Crippen molar-refractivity contribution in [3.63, 3.8) is 0 Å². The van der Waals surface area contributed by atoms with Gasteiger partial charge in [0.25, 0.3) is 0 Å². The Balaban J connectivity index is 3.25. The van der Waals surface area contributed by atoms with E-state index in [1.807, 2.05) is 6.92 Å². The minimum Gasteiger partial charge on any atom is -0.365 e. The Morgan fingerprint density at radius 1 is 1.78 bits per heavy atom. The highest BCUT2D eigenvalue weighted by atomic mass is 32.1. The Hall–Kier alpha value is 0.01000. The van der Waals surface area contributed by atoms with Gasteiger partial charge in [-0.05, 0) is 13.0 Å². The standard InChI is InChI=1S/C6H12O2S/c1-2-8-6(7)4-3-5-9/h3-4,6-7,9H,2,5H2,1H3. The fourth-order valence-corrected chi connectivity index (χ4v) is 0.525. The zero-order chi connectivity index (χ0) is 7.11. The first-order valence-corrected chi connectivity index (χ1v) is 3.51. The van der Waals surface area contributed by atoms with Crippen LogP contribution in [0, 0.1) is 0 Å². The van der Waals surface area contributed by atoms with E-state index in [9.17, 15) is 0 Å². The maximum absolute atomic E-state index is 8.84. The van der Waals surface area contributed by atoms with Crippen LogP contribution in [0.3, 0.4) is 0 Å². The molecule has 0 aromatic heterocycles. The van der Waals surface area contributed by atoms with Crippen molar-refractivity contribution in [1.82, 2.24) is 0 Å². The number of hydrogen-bond acceptors (Lipinski definition) is 3. The zero-order valence-electron chi connectivity index (χ0n) is 5.45. The van der Waals surface area contributed by atoms with Crippen molar-refractivity contribution in [3.05, 3.63) is 12.2 Å². The number of aliphatic hydroxyl groups excluding tert-OH is 1. The van der Waals surface area contributed by atoms with Crippen LogP contribution in [-0.2, 0) is 4.74 Å². The summed E-state index contributed by atoms with van der Waals surface area (Å²) in [5.74, 6) is 0.629. The Kier molecular flexibility index (Phi) is 6.14. The summed E-state index contributed by atoms with van der Waals surface area (Å²) in [6.07, 6.45) is 2.54. The van der Waals surface area contributed by atoms with Crippen LogP contribution < -0.4 is 0 Å². The third kappa shape index (κ3) is 5.89. The van der Waals surface area contributed by atoms with Crippen molar-refractivity contribution < 1.29 is 9.84 Å². The fraction of sp³-hybridized carbons (Fsp3) is 0.667. The Morgan fingerprint density at radius 2 is 2.44 bits per heavy atom. The molecule has 9 heavy (non-hydrogen) atoms. The predicted molar refractivity (Wildman–Crippen MR) is 40.6 cm³/mol. The van der Waals surface area contributed by atoms with Crippen LogP contribution in [0.15, 0.2) is 12.2 Å². The molecule has 1 unspecified atom stereocenters. The molecule has 0 aromatic carbocycles. The van der Waals surface area contributed by atoms with Gasteiger partial charge < -0.3 is 9.84 Å². The molecule has 0 saturated carbocycles. The zero-order valence-corrected chi connectivity index (χ0v) is 6.34. The normalized spacial score (nSPS) is 14.6. The van der Waals surface area contributed by atoms with E-state index in [1.165, 1.54) is 0 Å². The first kappa shape index (κ1) is 9.01. The highest BCUT2D eigenvalue weighted by Gasteiger charge is 1.92. The Labute approximate surface area is 60.9 Å². The average Bonchev–Trinajstić information content (AvgIpc) is 1.85. The molecule has 54 valence electrons. The second-order valence-corrected chi connectivity index (χ2v) is 1.82. The van der Waals surface area contributed by atoms with Crippen molar-refractivity contribution >= 4 is 12.6 Å². The number of aliphatic hydroxyl groups is 1. The largest absolute Gasteiger partial charge is 0.365 e. The number of rotatable bonds is 4. The highest BCUT2D eigenvalue weighted by Crippen LogP contribution is 1.88. The molecule has 0 radical (unpaired) electrons. The van der Waals surface area contributed by atoms with E-state index in [0.29, 0.717) is 12.4 Å². The van der Waals surface area contributed by atoms with Gasteiger partial charge in [-0.1, -0.05) is 6.08 Å². The Morgan fingerprint density at radius 3 is 2.89 bits per heavy atom. The minimum absolute atomic E-state index is 0.526. The second kappa shape index (κ2) is 6.13. The van der Waals surface area contributed by atoms with Crippen molar-refractivity contribution in [1.29, 1.82) is 0 Å². The van der Waals surface area contributed by atoms with Gasteiger partial charge in [-0.25, -0.2) is 0 Å². The van der Waals surface area contributed by atoms with Gasteiger partial charge in [0.15, 0.2) is 6.29 Å². The smallest absolute Gasteiger partial charge is 0.174 e. The van der Waals surface area contributed by atoms with Gasteiger partial charge in [0.2, 0.25) is 0 Å². The lowest BCUT2D eigenvalue weighted by Gasteiger charge is -2.02. The summed E-state index contributed by atoms with van der Waals surface area (Å²) in [5.41, 5.74) is 0. The molecule has 0 aliphatic rings. The van der Waals surface area contributed by atoms with Gasteiger partial charge in [0.1, 0.15) is 0 Å². The molecule has 0 saturated heterocycles. The molecule has 0 heterocycles. The number of ether oxygens (including phenoxy) is 1. The first-order valence-electron chi connectivity index (χ1n) is 2.88. The van der Waals surface area contributed by atoms with Crippen molar-refractivity contribution in [2.24, 2.45) is 0 Å². The van der Waals surface area contributed by atoms with Crippen LogP contribution in [0.1, 0.15) is 6.92 Å². The second-order valence-electron chi connectivity index (χ2n) is 1.46. The molecule has 0 fully saturated rings. The van der Waals surface area contributed by atoms with E-state index in [2.05, 4.69) is 12.6 Å². The van der Waals surface area contributed by atoms with Crippen LogP contribution in [0.2, 0.25) is 0 Å². The van der Waals surface area contributed by atoms with Gasteiger partial charge >= 0.3 is 0 Å². The summed E-state index contributed by atoms with van der Waals surface area (Å²) in [4.78, 5) is 0. The lowest BCUT2D eigenvalue weighted by atomic mass is 10.5. The number of hydrogen-bond donors (Lipinski definition) is 2. The lowest BCUT2D eigenvalue weighted by molar-refractivity contribution is -0.0587. The monoisotopic (exact) mass is 148 g/mol. The first-order chi connectivity index (χ1) is 4.31. The summed E-state index contributed by atoms with van der Waals surface area (Å²) in [6, 6.07) is 0. The van der Waals surface area contributed by atoms with Crippen molar-refractivity contribution in [2.45, 2.75) is 13.2 Å². The van der Waals surface area contributed by atoms with Gasteiger partial charge in [-0.2, -0.15) is 12.6 Å². The van der Waals surface area contributed by atoms with Gasteiger partial charge in [0.05, 0.1) is 0 Å². The summed E-state index contributed by atoms with van der Waals surface area (Å²) in [7, 11) is 0. The van der Waals surface area contributed by atoms with E-state index in [-0.39, 0.29) is 0 Å². The molecule has 0 amide bonds. The molecule has 2 nitrogen and oxygen atoms in total. The van der Waals surface area contributed by atoms with Crippen LogP contribution in [0.5, 0.6) is 0 Å². The summed E-state index contributed by atoms with van der Waals surface area (Å²) >= 11 is 3.91. The maximum Gasteiger partial charge on any atom is 0.174 e.